The van der Waals surface area contributed by atoms with Gasteiger partial charge in [-0.05, 0) is 35.7 Å². The minimum absolute atomic E-state index is 0.182. The van der Waals surface area contributed by atoms with Crippen LogP contribution in [0.3, 0.4) is 0 Å². The largest absolute Gasteiger partial charge is 0.399 e. The van der Waals surface area contributed by atoms with Crippen molar-refractivity contribution >= 4 is 50.3 Å². The molecule has 0 radical (unpaired) electrons. The second-order valence-electron chi connectivity index (χ2n) is 4.34. The summed E-state index contributed by atoms with van der Waals surface area (Å²) in [5.41, 5.74) is 6.77. The van der Waals surface area contributed by atoms with Gasteiger partial charge >= 0.3 is 0 Å². The van der Waals surface area contributed by atoms with Gasteiger partial charge in [-0.15, -0.1) is 11.3 Å². The van der Waals surface area contributed by atoms with Crippen molar-refractivity contribution in [2.24, 2.45) is 0 Å². The fourth-order valence-electron chi connectivity index (χ4n) is 1.92. The van der Waals surface area contributed by atoms with Gasteiger partial charge in [0.25, 0.3) is 5.91 Å². The Morgan fingerprint density at radius 1 is 1.15 bits per heavy atom. The molecular weight excluding hydrogens is 292 g/mol. The number of anilines is 2. The summed E-state index contributed by atoms with van der Waals surface area (Å²) in [6, 6.07) is 14.7. The third-order valence-corrected chi connectivity index (χ3v) is 4.33. The van der Waals surface area contributed by atoms with Crippen LogP contribution in [-0.2, 0) is 0 Å². The second kappa shape index (κ2) is 5.15. The molecule has 1 heterocycles. The lowest BCUT2D eigenvalue weighted by Crippen LogP contribution is -2.10. The Bertz CT molecular complexity index is 764. The first-order valence-corrected chi connectivity index (χ1v) is 7.18. The highest BCUT2D eigenvalue weighted by Crippen LogP contribution is 2.28. The maximum absolute atomic E-state index is 12.2. The van der Waals surface area contributed by atoms with E-state index in [9.17, 15) is 4.79 Å². The van der Waals surface area contributed by atoms with Gasteiger partial charge in [0, 0.05) is 10.4 Å². The Morgan fingerprint density at radius 3 is 2.75 bits per heavy atom. The van der Waals surface area contributed by atoms with Crippen molar-refractivity contribution in [2.45, 2.75) is 0 Å². The summed E-state index contributed by atoms with van der Waals surface area (Å²) in [5, 5.41) is 4.31. The van der Waals surface area contributed by atoms with E-state index >= 15 is 0 Å². The van der Waals surface area contributed by atoms with Crippen molar-refractivity contribution < 1.29 is 4.79 Å². The number of halogens is 1. The number of carbonyl (C=O) groups excluding carboxylic acids is 1. The molecule has 0 spiro atoms. The van der Waals surface area contributed by atoms with E-state index in [-0.39, 0.29) is 5.91 Å². The molecule has 3 N–H and O–H groups in total. The van der Waals surface area contributed by atoms with Crippen LogP contribution in [0.25, 0.3) is 10.1 Å². The van der Waals surface area contributed by atoms with Gasteiger partial charge in [-0.25, -0.2) is 0 Å². The first-order valence-electron chi connectivity index (χ1n) is 5.98. The highest BCUT2D eigenvalue weighted by atomic mass is 35.5. The number of amides is 1. The number of rotatable bonds is 2. The number of hydrogen-bond acceptors (Lipinski definition) is 3. The summed E-state index contributed by atoms with van der Waals surface area (Å²) < 4.78 is 1.08. The van der Waals surface area contributed by atoms with E-state index in [1.807, 2.05) is 30.3 Å². The van der Waals surface area contributed by atoms with Crippen molar-refractivity contribution in [1.29, 1.82) is 0 Å². The average molecular weight is 303 g/mol. The van der Waals surface area contributed by atoms with E-state index in [2.05, 4.69) is 5.32 Å². The molecule has 0 aliphatic heterocycles. The lowest BCUT2D eigenvalue weighted by Gasteiger charge is -2.06. The van der Waals surface area contributed by atoms with Crippen LogP contribution in [0.1, 0.15) is 9.67 Å². The van der Waals surface area contributed by atoms with E-state index in [1.165, 1.54) is 11.3 Å². The fourth-order valence-corrected chi connectivity index (χ4v) is 3.04. The van der Waals surface area contributed by atoms with Crippen molar-refractivity contribution in [3.8, 4) is 0 Å². The number of nitrogens with two attached hydrogens (primary N) is 1. The zero-order valence-corrected chi connectivity index (χ0v) is 12.0. The summed E-state index contributed by atoms with van der Waals surface area (Å²) in [7, 11) is 0. The molecule has 20 heavy (non-hydrogen) atoms. The normalized spacial score (nSPS) is 10.7. The topological polar surface area (TPSA) is 55.1 Å². The van der Waals surface area contributed by atoms with Gasteiger partial charge in [-0.2, -0.15) is 0 Å². The van der Waals surface area contributed by atoms with E-state index in [1.54, 1.807) is 18.2 Å². The molecule has 1 amide bonds. The lowest BCUT2D eigenvalue weighted by atomic mass is 10.2. The first kappa shape index (κ1) is 13.0. The van der Waals surface area contributed by atoms with Crippen molar-refractivity contribution in [2.75, 3.05) is 11.1 Å². The highest BCUT2D eigenvalue weighted by Gasteiger charge is 2.12. The molecule has 0 unspecified atom stereocenters. The standard InChI is InChI=1S/C15H11ClN2OS/c16-11-6-5-10(17)8-12(11)18-15(19)14-7-9-3-1-2-4-13(9)20-14/h1-8H,17H2,(H,18,19). The Hall–Kier alpha value is -2.04. The van der Waals surface area contributed by atoms with E-state index in [0.29, 0.717) is 21.3 Å². The molecule has 3 aromatic rings. The van der Waals surface area contributed by atoms with Crippen LogP contribution in [0.5, 0.6) is 0 Å². The third kappa shape index (κ3) is 2.48. The monoisotopic (exact) mass is 302 g/mol. The average Bonchev–Trinajstić information content (AvgIpc) is 2.87. The van der Waals surface area contributed by atoms with Gasteiger partial charge in [0.15, 0.2) is 0 Å². The molecule has 0 bridgehead atoms. The smallest absolute Gasteiger partial charge is 0.265 e. The van der Waals surface area contributed by atoms with Crippen LogP contribution >= 0.6 is 22.9 Å². The Morgan fingerprint density at radius 2 is 1.95 bits per heavy atom. The molecule has 0 saturated heterocycles. The Kier molecular flexibility index (Phi) is 3.34. The van der Waals surface area contributed by atoms with Crippen LogP contribution in [0, 0.1) is 0 Å². The fraction of sp³-hybridized carbons (Fsp3) is 0. The highest BCUT2D eigenvalue weighted by molar-refractivity contribution is 7.20. The lowest BCUT2D eigenvalue weighted by molar-refractivity contribution is 0.103. The molecule has 0 saturated carbocycles. The van der Waals surface area contributed by atoms with Crippen LogP contribution in [0.4, 0.5) is 11.4 Å². The van der Waals surface area contributed by atoms with Gasteiger partial charge < -0.3 is 11.1 Å². The summed E-state index contributed by atoms with van der Waals surface area (Å²) in [4.78, 5) is 12.9. The maximum Gasteiger partial charge on any atom is 0.265 e. The zero-order chi connectivity index (χ0) is 14.1. The van der Waals surface area contributed by atoms with Gasteiger partial charge in [-0.1, -0.05) is 29.8 Å². The second-order valence-corrected chi connectivity index (χ2v) is 5.83. The van der Waals surface area contributed by atoms with Crippen molar-refractivity contribution in [3.63, 3.8) is 0 Å². The molecule has 3 nitrogen and oxygen atoms in total. The van der Waals surface area contributed by atoms with Gasteiger partial charge in [0.1, 0.15) is 0 Å². The van der Waals surface area contributed by atoms with Crippen molar-refractivity contribution in [3.05, 3.63) is 58.4 Å². The summed E-state index contributed by atoms with van der Waals surface area (Å²) in [6.07, 6.45) is 0. The predicted octanol–water partition coefficient (Wildman–Crippen LogP) is 4.39. The number of carbonyl (C=O) groups is 1. The number of hydrogen-bond donors (Lipinski definition) is 2. The number of fused-ring (bicyclic) bond motifs is 1. The SMILES string of the molecule is Nc1ccc(Cl)c(NC(=O)c2cc3ccccc3s2)c1. The summed E-state index contributed by atoms with van der Waals surface area (Å²) in [6.45, 7) is 0. The molecule has 0 aliphatic carbocycles. The molecule has 100 valence electrons. The molecule has 1 aromatic heterocycles. The summed E-state index contributed by atoms with van der Waals surface area (Å²) >= 11 is 7.49. The number of benzene rings is 2. The molecule has 0 aliphatic rings. The molecule has 0 fully saturated rings. The van der Waals surface area contributed by atoms with E-state index in [0.717, 1.165) is 10.1 Å². The zero-order valence-electron chi connectivity index (χ0n) is 10.4. The molecule has 3 rings (SSSR count). The Balaban J connectivity index is 1.90. The van der Waals surface area contributed by atoms with Gasteiger partial charge in [0.2, 0.25) is 0 Å². The van der Waals surface area contributed by atoms with Gasteiger partial charge in [0.05, 0.1) is 15.6 Å². The Labute approximate surface area is 125 Å². The minimum Gasteiger partial charge on any atom is -0.399 e. The number of nitrogens with one attached hydrogen (secondary N) is 1. The molecular formula is C15H11ClN2OS. The van der Waals surface area contributed by atoms with Crippen LogP contribution in [-0.4, -0.2) is 5.91 Å². The van der Waals surface area contributed by atoms with Crippen LogP contribution in [0.15, 0.2) is 48.5 Å². The van der Waals surface area contributed by atoms with E-state index < -0.39 is 0 Å². The maximum atomic E-state index is 12.2. The number of nitrogen functional groups attached to an aromatic ring is 1. The number of thiophene rings is 1. The summed E-state index contributed by atoms with van der Waals surface area (Å²) in [5.74, 6) is -0.182. The molecule has 0 atom stereocenters. The van der Waals surface area contributed by atoms with Crippen molar-refractivity contribution in [1.82, 2.24) is 0 Å². The van der Waals surface area contributed by atoms with Crippen LogP contribution in [0.2, 0.25) is 5.02 Å². The predicted molar refractivity (Wildman–Crippen MR) is 85.6 cm³/mol. The molecule has 5 heteroatoms. The minimum atomic E-state index is -0.182. The van der Waals surface area contributed by atoms with Gasteiger partial charge in [-0.3, -0.25) is 4.79 Å². The quantitative estimate of drug-likeness (QED) is 0.690. The first-order chi connectivity index (χ1) is 9.63. The molecule has 2 aromatic carbocycles. The third-order valence-electron chi connectivity index (χ3n) is 2.89. The van der Waals surface area contributed by atoms with E-state index in [4.69, 9.17) is 17.3 Å². The van der Waals surface area contributed by atoms with Crippen LogP contribution < -0.4 is 11.1 Å².